The molecule has 8 aromatic rings. The summed E-state index contributed by atoms with van der Waals surface area (Å²) in [5, 5.41) is 2.14. The highest BCUT2D eigenvalue weighted by atomic mass is 16.5. The Morgan fingerprint density at radius 3 is 1.33 bits per heavy atom. The van der Waals surface area contributed by atoms with Crippen molar-refractivity contribution in [2.75, 3.05) is 0 Å². The van der Waals surface area contributed by atoms with E-state index in [1.807, 2.05) is 91.0 Å². The molecule has 0 amide bonds. The van der Waals surface area contributed by atoms with E-state index in [9.17, 15) is 0 Å². The molecule has 8 rings (SSSR count). The fourth-order valence-corrected chi connectivity index (χ4v) is 6.04. The summed E-state index contributed by atoms with van der Waals surface area (Å²) < 4.78 is 27.2. The van der Waals surface area contributed by atoms with Crippen LogP contribution in [0, 0.1) is 0 Å². The van der Waals surface area contributed by atoms with Gasteiger partial charge in [0.1, 0.15) is 34.5 Å². The van der Waals surface area contributed by atoms with E-state index in [1.165, 1.54) is 0 Å². The van der Waals surface area contributed by atoms with Crippen LogP contribution in [0.1, 0.15) is 25.0 Å². The first kappa shape index (κ1) is 31.5. The van der Waals surface area contributed by atoms with Gasteiger partial charge < -0.3 is 18.9 Å². The molecular formula is C42H33N5O4. The Morgan fingerprint density at radius 2 is 0.902 bits per heavy atom. The van der Waals surface area contributed by atoms with Gasteiger partial charge in [0.15, 0.2) is 0 Å². The van der Waals surface area contributed by atoms with E-state index in [4.69, 9.17) is 18.9 Å². The zero-order valence-electron chi connectivity index (χ0n) is 28.1. The molecule has 0 unspecified atom stereocenters. The second-order valence-corrected chi connectivity index (χ2v) is 11.7. The number of nitrogens with zero attached hydrogens (tertiary/aromatic N) is 5. The molecule has 0 spiro atoms. The summed E-state index contributed by atoms with van der Waals surface area (Å²) in [5.41, 5.74) is 3.95. The molecule has 0 aliphatic rings. The van der Waals surface area contributed by atoms with Gasteiger partial charge >= 0.3 is 0 Å². The van der Waals surface area contributed by atoms with E-state index < -0.39 is 0 Å². The van der Waals surface area contributed by atoms with E-state index >= 15 is 0 Å². The van der Waals surface area contributed by atoms with Crippen LogP contribution in [0.15, 0.2) is 140 Å². The molecule has 0 N–H and O–H groups in total. The normalized spacial score (nSPS) is 11.1. The van der Waals surface area contributed by atoms with Gasteiger partial charge in [0.25, 0.3) is 0 Å². The Kier molecular flexibility index (Phi) is 8.66. The summed E-state index contributed by atoms with van der Waals surface area (Å²) >= 11 is 0. The first-order valence-corrected chi connectivity index (χ1v) is 16.8. The standard InChI is InChI=1S/C42H33N5O4/c1-3-28-22-34-35-23-29(4-2)39(49-31-13-10-15-33(25-31)51-41-17-6-8-19-44-41)27-37(35)47(42-45-20-11-21-46-42)36(34)26-38(28)48-30-12-9-14-32(24-30)50-40-16-5-7-18-43-40/h5-27H,3-4H2,1-2H3. The van der Waals surface area contributed by atoms with Crippen LogP contribution in [-0.2, 0) is 12.8 Å². The Morgan fingerprint density at radius 1 is 0.451 bits per heavy atom. The number of pyridine rings is 2. The third kappa shape index (κ3) is 6.65. The highest BCUT2D eigenvalue weighted by Gasteiger charge is 2.20. The van der Waals surface area contributed by atoms with Crippen molar-refractivity contribution in [1.82, 2.24) is 24.5 Å². The van der Waals surface area contributed by atoms with Crippen molar-refractivity contribution in [2.45, 2.75) is 26.7 Å². The number of fused-ring (bicyclic) bond motifs is 3. The fraction of sp³-hybridized carbons (Fsp3) is 0.0952. The van der Waals surface area contributed by atoms with Gasteiger partial charge in [-0.25, -0.2) is 19.9 Å². The predicted molar refractivity (Wildman–Crippen MR) is 197 cm³/mol. The monoisotopic (exact) mass is 671 g/mol. The molecule has 51 heavy (non-hydrogen) atoms. The smallest absolute Gasteiger partial charge is 0.234 e. The third-order valence-corrected chi connectivity index (χ3v) is 8.43. The molecule has 0 bridgehead atoms. The lowest BCUT2D eigenvalue weighted by atomic mass is 10.0. The summed E-state index contributed by atoms with van der Waals surface area (Å²) in [5.74, 6) is 5.59. The number of aryl methyl sites for hydroxylation is 2. The van der Waals surface area contributed by atoms with E-state index in [0.717, 1.165) is 57.3 Å². The van der Waals surface area contributed by atoms with Crippen LogP contribution in [0.2, 0.25) is 0 Å². The molecular weight excluding hydrogens is 638 g/mol. The lowest BCUT2D eigenvalue weighted by Crippen LogP contribution is -2.01. The largest absolute Gasteiger partial charge is 0.457 e. The van der Waals surface area contributed by atoms with Gasteiger partial charge in [-0.2, -0.15) is 0 Å². The van der Waals surface area contributed by atoms with Gasteiger partial charge in [0, 0.05) is 72.0 Å². The van der Waals surface area contributed by atoms with Crippen LogP contribution in [0.4, 0.5) is 0 Å². The van der Waals surface area contributed by atoms with E-state index in [1.54, 1.807) is 24.8 Å². The Labute approximate surface area is 294 Å². The van der Waals surface area contributed by atoms with Crippen LogP contribution in [-0.4, -0.2) is 24.5 Å². The first-order chi connectivity index (χ1) is 25.1. The van der Waals surface area contributed by atoms with Gasteiger partial charge in [-0.3, -0.25) is 4.57 Å². The van der Waals surface area contributed by atoms with Crippen LogP contribution >= 0.6 is 0 Å². The SMILES string of the molecule is CCc1cc2c3cc(CC)c(Oc4cccc(Oc5ccccn5)c4)cc3n(-c3ncccn3)c2cc1Oc1cccc(Oc2ccccn2)c1. The van der Waals surface area contributed by atoms with Crippen LogP contribution in [0.5, 0.6) is 46.3 Å². The minimum absolute atomic E-state index is 0.512. The summed E-state index contributed by atoms with van der Waals surface area (Å²) in [6.45, 7) is 4.26. The minimum atomic E-state index is 0.512. The molecule has 9 heteroatoms. The maximum absolute atomic E-state index is 6.58. The molecule has 0 aliphatic heterocycles. The molecule has 0 atom stereocenters. The predicted octanol–water partition coefficient (Wildman–Crippen LogP) is 10.7. The fourth-order valence-electron chi connectivity index (χ4n) is 6.04. The van der Waals surface area contributed by atoms with Gasteiger partial charge in [0.2, 0.25) is 17.7 Å². The number of hydrogen-bond donors (Lipinski definition) is 0. The molecule has 4 heterocycles. The zero-order valence-corrected chi connectivity index (χ0v) is 28.1. The Bertz CT molecular complexity index is 2300. The van der Waals surface area contributed by atoms with Crippen molar-refractivity contribution < 1.29 is 18.9 Å². The van der Waals surface area contributed by atoms with Crippen molar-refractivity contribution in [3.63, 3.8) is 0 Å². The number of aromatic nitrogens is 5. The van der Waals surface area contributed by atoms with Crippen molar-refractivity contribution in [1.29, 1.82) is 0 Å². The van der Waals surface area contributed by atoms with Crippen molar-refractivity contribution in [3.8, 4) is 52.2 Å². The average Bonchev–Trinajstić information content (AvgIpc) is 3.47. The third-order valence-electron chi connectivity index (χ3n) is 8.43. The average molecular weight is 672 g/mol. The van der Waals surface area contributed by atoms with Gasteiger partial charge in [-0.05, 0) is 78.6 Å². The van der Waals surface area contributed by atoms with Crippen LogP contribution in [0.25, 0.3) is 27.8 Å². The van der Waals surface area contributed by atoms with Crippen LogP contribution < -0.4 is 18.9 Å². The molecule has 4 aromatic heterocycles. The summed E-state index contributed by atoms with van der Waals surface area (Å²) in [6, 6.07) is 36.6. The highest BCUT2D eigenvalue weighted by molar-refractivity contribution is 6.10. The molecule has 0 aliphatic carbocycles. The minimum Gasteiger partial charge on any atom is -0.457 e. The number of hydrogen-bond acceptors (Lipinski definition) is 8. The van der Waals surface area contributed by atoms with Crippen molar-refractivity contribution >= 4 is 21.8 Å². The van der Waals surface area contributed by atoms with E-state index in [-0.39, 0.29) is 0 Å². The Hall–Kier alpha value is -6.74. The molecule has 0 saturated carbocycles. The Balaban J connectivity index is 1.21. The van der Waals surface area contributed by atoms with Crippen molar-refractivity contribution in [2.24, 2.45) is 0 Å². The number of rotatable bonds is 11. The van der Waals surface area contributed by atoms with Crippen LogP contribution in [0.3, 0.4) is 0 Å². The maximum atomic E-state index is 6.58. The van der Waals surface area contributed by atoms with Crippen molar-refractivity contribution in [3.05, 3.63) is 151 Å². The molecule has 0 fully saturated rings. The number of ether oxygens (including phenoxy) is 4. The lowest BCUT2D eigenvalue weighted by Gasteiger charge is -2.13. The summed E-state index contributed by atoms with van der Waals surface area (Å²) in [4.78, 5) is 17.9. The quantitative estimate of drug-likeness (QED) is 0.134. The number of benzene rings is 4. The molecule has 0 saturated heterocycles. The summed E-state index contributed by atoms with van der Waals surface area (Å²) in [6.07, 6.45) is 8.42. The second-order valence-electron chi connectivity index (χ2n) is 11.7. The van der Waals surface area contributed by atoms with E-state index in [0.29, 0.717) is 40.7 Å². The first-order valence-electron chi connectivity index (χ1n) is 16.8. The lowest BCUT2D eigenvalue weighted by molar-refractivity contribution is 0.447. The second kappa shape index (κ2) is 14.0. The van der Waals surface area contributed by atoms with Gasteiger partial charge in [-0.1, -0.05) is 38.1 Å². The maximum Gasteiger partial charge on any atom is 0.234 e. The molecule has 250 valence electrons. The molecule has 4 aromatic carbocycles. The molecule has 9 nitrogen and oxygen atoms in total. The summed E-state index contributed by atoms with van der Waals surface area (Å²) in [7, 11) is 0. The topological polar surface area (TPSA) is 93.4 Å². The molecule has 0 radical (unpaired) electrons. The zero-order chi connectivity index (χ0) is 34.6. The highest BCUT2D eigenvalue weighted by Crippen LogP contribution is 2.41. The van der Waals surface area contributed by atoms with Gasteiger partial charge in [0.05, 0.1) is 11.0 Å². The van der Waals surface area contributed by atoms with E-state index in [2.05, 4.69) is 62.6 Å². The van der Waals surface area contributed by atoms with Gasteiger partial charge in [-0.15, -0.1) is 0 Å².